The molecule has 6 heteroatoms. The van der Waals surface area contributed by atoms with Gasteiger partial charge in [0.2, 0.25) is 11.8 Å². The predicted molar refractivity (Wildman–Crippen MR) is 75.8 cm³/mol. The van der Waals surface area contributed by atoms with Gasteiger partial charge in [-0.2, -0.15) is 4.98 Å². The minimum absolute atomic E-state index is 0.118. The van der Waals surface area contributed by atoms with Crippen LogP contribution in [0.15, 0.2) is 4.52 Å². The van der Waals surface area contributed by atoms with Crippen molar-refractivity contribution in [1.82, 2.24) is 15.0 Å². The van der Waals surface area contributed by atoms with Crippen LogP contribution in [0.5, 0.6) is 0 Å². The van der Waals surface area contributed by atoms with Crippen LogP contribution in [0, 0.1) is 5.92 Å². The second-order valence-corrected chi connectivity index (χ2v) is 6.12. The Balaban J connectivity index is 1.47. The number of rotatable bonds is 6. The Morgan fingerprint density at radius 1 is 1.43 bits per heavy atom. The summed E-state index contributed by atoms with van der Waals surface area (Å²) in [5.74, 6) is 2.45. The molecule has 2 aliphatic rings. The minimum atomic E-state index is 0.118. The molecular formula is C15H23N3O3. The van der Waals surface area contributed by atoms with E-state index in [9.17, 15) is 4.79 Å². The van der Waals surface area contributed by atoms with E-state index in [0.29, 0.717) is 31.3 Å². The van der Waals surface area contributed by atoms with Gasteiger partial charge >= 0.3 is 0 Å². The fraction of sp³-hybridized carbons (Fsp3) is 0.800. The molecular weight excluding hydrogens is 270 g/mol. The summed E-state index contributed by atoms with van der Waals surface area (Å²) in [5, 5.41) is 4.02. The third-order valence-corrected chi connectivity index (χ3v) is 4.22. The van der Waals surface area contributed by atoms with Crippen LogP contribution in [0.4, 0.5) is 0 Å². The Morgan fingerprint density at radius 2 is 2.29 bits per heavy atom. The van der Waals surface area contributed by atoms with Gasteiger partial charge in [-0.05, 0) is 31.6 Å². The minimum Gasteiger partial charge on any atom is -0.381 e. The second-order valence-electron chi connectivity index (χ2n) is 6.12. The van der Waals surface area contributed by atoms with Crippen LogP contribution in [-0.2, 0) is 16.0 Å². The van der Waals surface area contributed by atoms with E-state index in [0.717, 1.165) is 31.9 Å². The topological polar surface area (TPSA) is 68.5 Å². The van der Waals surface area contributed by atoms with Crippen molar-refractivity contribution in [2.45, 2.75) is 44.9 Å². The Hall–Kier alpha value is -1.43. The quantitative estimate of drug-likeness (QED) is 0.748. The predicted octanol–water partition coefficient (Wildman–Crippen LogP) is 1.76. The molecule has 1 aromatic rings. The molecule has 0 bridgehead atoms. The van der Waals surface area contributed by atoms with Crippen LogP contribution in [0.1, 0.15) is 50.2 Å². The van der Waals surface area contributed by atoms with E-state index in [1.807, 2.05) is 4.90 Å². The van der Waals surface area contributed by atoms with Crippen LogP contribution in [0.3, 0.4) is 0 Å². The molecule has 6 nitrogen and oxygen atoms in total. The van der Waals surface area contributed by atoms with E-state index in [1.165, 1.54) is 12.8 Å². The lowest BCUT2D eigenvalue weighted by atomic mass is 9.98. The van der Waals surface area contributed by atoms with Gasteiger partial charge in [0, 0.05) is 33.0 Å². The number of hydrogen-bond donors (Lipinski definition) is 0. The van der Waals surface area contributed by atoms with E-state index in [4.69, 9.17) is 9.26 Å². The molecule has 1 saturated heterocycles. The van der Waals surface area contributed by atoms with Crippen LogP contribution in [-0.4, -0.2) is 47.3 Å². The summed E-state index contributed by atoms with van der Waals surface area (Å²) < 4.78 is 11.0. The smallest absolute Gasteiger partial charge is 0.231 e. The summed E-state index contributed by atoms with van der Waals surface area (Å²) in [5.41, 5.74) is 0. The molecule has 1 aliphatic heterocycles. The van der Waals surface area contributed by atoms with Crippen molar-refractivity contribution in [2.24, 2.45) is 5.92 Å². The summed E-state index contributed by atoms with van der Waals surface area (Å²) in [6.45, 7) is 4.65. The summed E-state index contributed by atoms with van der Waals surface area (Å²) in [7, 11) is 0. The summed E-state index contributed by atoms with van der Waals surface area (Å²) in [6, 6.07) is 0. The van der Waals surface area contributed by atoms with Gasteiger partial charge in [-0.1, -0.05) is 5.16 Å². The monoisotopic (exact) mass is 293 g/mol. The van der Waals surface area contributed by atoms with Crippen molar-refractivity contribution in [1.29, 1.82) is 0 Å². The number of aromatic nitrogens is 2. The third-order valence-electron chi connectivity index (χ3n) is 4.22. The van der Waals surface area contributed by atoms with Crippen molar-refractivity contribution in [3.8, 4) is 0 Å². The fourth-order valence-electron chi connectivity index (χ4n) is 2.70. The first-order valence-corrected chi connectivity index (χ1v) is 7.88. The molecule has 3 rings (SSSR count). The maximum atomic E-state index is 11.5. The van der Waals surface area contributed by atoms with Gasteiger partial charge in [0.25, 0.3) is 0 Å². The van der Waals surface area contributed by atoms with Gasteiger partial charge in [-0.25, -0.2) is 0 Å². The largest absolute Gasteiger partial charge is 0.381 e. The number of ether oxygens (including phenoxy) is 1. The summed E-state index contributed by atoms with van der Waals surface area (Å²) in [6.07, 6.45) is 5.30. The molecule has 2 fully saturated rings. The number of hydrogen-bond acceptors (Lipinski definition) is 5. The molecule has 0 N–H and O–H groups in total. The Labute approximate surface area is 124 Å². The van der Waals surface area contributed by atoms with Gasteiger partial charge in [-0.15, -0.1) is 0 Å². The van der Waals surface area contributed by atoms with Crippen molar-refractivity contribution in [3.63, 3.8) is 0 Å². The molecule has 1 aliphatic carbocycles. The molecule has 1 amide bonds. The average Bonchev–Trinajstić information content (AvgIpc) is 3.20. The van der Waals surface area contributed by atoms with E-state index >= 15 is 0 Å². The highest BCUT2D eigenvalue weighted by Crippen LogP contribution is 2.29. The molecule has 0 radical (unpaired) electrons. The van der Waals surface area contributed by atoms with Gasteiger partial charge in [0.1, 0.15) is 0 Å². The first kappa shape index (κ1) is 14.5. The van der Waals surface area contributed by atoms with Crippen LogP contribution in [0.2, 0.25) is 0 Å². The SMILES string of the molecule is CC(=O)N1CCCC(c2nc(CCOCC3CC3)no2)C1. The lowest BCUT2D eigenvalue weighted by molar-refractivity contribution is -0.130. The first-order chi connectivity index (χ1) is 10.2. The molecule has 1 aromatic heterocycles. The Kier molecular flexibility index (Phi) is 4.53. The highest BCUT2D eigenvalue weighted by molar-refractivity contribution is 5.73. The number of nitrogens with zero attached hydrogens (tertiary/aromatic N) is 3. The van der Waals surface area contributed by atoms with E-state index in [2.05, 4.69) is 10.1 Å². The molecule has 0 aromatic carbocycles. The molecule has 1 unspecified atom stereocenters. The van der Waals surface area contributed by atoms with Crippen LogP contribution in [0.25, 0.3) is 0 Å². The lowest BCUT2D eigenvalue weighted by Gasteiger charge is -2.29. The first-order valence-electron chi connectivity index (χ1n) is 7.88. The average molecular weight is 293 g/mol. The maximum Gasteiger partial charge on any atom is 0.231 e. The summed E-state index contributed by atoms with van der Waals surface area (Å²) in [4.78, 5) is 17.8. The van der Waals surface area contributed by atoms with Gasteiger partial charge < -0.3 is 14.2 Å². The van der Waals surface area contributed by atoms with Gasteiger partial charge in [0.15, 0.2) is 5.82 Å². The molecule has 0 spiro atoms. The van der Waals surface area contributed by atoms with E-state index in [-0.39, 0.29) is 11.8 Å². The fourth-order valence-corrected chi connectivity index (χ4v) is 2.70. The molecule has 2 heterocycles. The zero-order chi connectivity index (χ0) is 14.7. The lowest BCUT2D eigenvalue weighted by Crippen LogP contribution is -2.37. The van der Waals surface area contributed by atoms with Crippen LogP contribution < -0.4 is 0 Å². The number of piperidine rings is 1. The van der Waals surface area contributed by atoms with Gasteiger partial charge in [-0.3, -0.25) is 4.79 Å². The molecule has 116 valence electrons. The molecule has 1 atom stereocenters. The maximum absolute atomic E-state index is 11.5. The molecule has 21 heavy (non-hydrogen) atoms. The standard InChI is InChI=1S/C15H23N3O3/c1-11(19)18-7-2-3-13(9-18)15-16-14(17-21-15)6-8-20-10-12-4-5-12/h12-13H,2-10H2,1H3. The number of amides is 1. The number of likely N-dealkylation sites (tertiary alicyclic amines) is 1. The van der Waals surface area contributed by atoms with Crippen LogP contribution >= 0.6 is 0 Å². The van der Waals surface area contributed by atoms with E-state index < -0.39 is 0 Å². The van der Waals surface area contributed by atoms with Crippen molar-refractivity contribution < 1.29 is 14.1 Å². The normalized spacial score (nSPS) is 22.5. The van der Waals surface area contributed by atoms with E-state index in [1.54, 1.807) is 6.92 Å². The summed E-state index contributed by atoms with van der Waals surface area (Å²) >= 11 is 0. The zero-order valence-corrected chi connectivity index (χ0v) is 12.6. The zero-order valence-electron chi connectivity index (χ0n) is 12.6. The number of carbonyl (C=O) groups is 1. The van der Waals surface area contributed by atoms with Crippen molar-refractivity contribution in [2.75, 3.05) is 26.3 Å². The van der Waals surface area contributed by atoms with Crippen molar-refractivity contribution >= 4 is 5.91 Å². The third kappa shape index (κ3) is 4.03. The number of carbonyl (C=O) groups excluding carboxylic acids is 1. The highest BCUT2D eigenvalue weighted by atomic mass is 16.5. The second kappa shape index (κ2) is 6.56. The molecule has 1 saturated carbocycles. The van der Waals surface area contributed by atoms with Crippen molar-refractivity contribution in [3.05, 3.63) is 11.7 Å². The Morgan fingerprint density at radius 3 is 3.05 bits per heavy atom. The highest BCUT2D eigenvalue weighted by Gasteiger charge is 2.27. The van der Waals surface area contributed by atoms with Gasteiger partial charge in [0.05, 0.1) is 12.5 Å². The Bertz CT molecular complexity index is 484.